The summed E-state index contributed by atoms with van der Waals surface area (Å²) in [7, 11) is 1.49. The van der Waals surface area contributed by atoms with E-state index < -0.39 is 5.82 Å². The molecule has 0 aliphatic rings. The summed E-state index contributed by atoms with van der Waals surface area (Å²) in [5, 5.41) is 3.03. The zero-order chi connectivity index (χ0) is 21.4. The number of halogens is 4. The maximum atomic E-state index is 13.3. The van der Waals surface area contributed by atoms with E-state index in [1.807, 2.05) is 0 Å². The van der Waals surface area contributed by atoms with Crippen LogP contribution in [0.5, 0.6) is 5.75 Å². The standard InChI is InChI=1S/C21H12Br2ClFN2O3/c1-29-19-14(6-10(22)7-15(19)23)20(28)26-12-3-5-18-17(9-12)27-21(30-18)13-4-2-11(25)8-16(13)24/h2-9H,1H3,(H,26,28). The van der Waals surface area contributed by atoms with Crippen molar-refractivity contribution < 1.29 is 18.3 Å². The second-order valence-electron chi connectivity index (χ2n) is 6.25. The van der Waals surface area contributed by atoms with Gasteiger partial charge in [-0.25, -0.2) is 9.37 Å². The average Bonchev–Trinajstić information content (AvgIpc) is 3.10. The number of carbonyl (C=O) groups excluding carboxylic acids is 1. The fraction of sp³-hybridized carbons (Fsp3) is 0.0476. The minimum absolute atomic E-state index is 0.197. The molecule has 9 heteroatoms. The van der Waals surface area contributed by atoms with E-state index in [2.05, 4.69) is 42.2 Å². The molecular formula is C21H12Br2ClFN2O3. The highest BCUT2D eigenvalue weighted by atomic mass is 79.9. The Hall–Kier alpha value is -2.42. The van der Waals surface area contributed by atoms with Crippen LogP contribution in [0.2, 0.25) is 5.02 Å². The van der Waals surface area contributed by atoms with Gasteiger partial charge >= 0.3 is 0 Å². The summed E-state index contributed by atoms with van der Waals surface area (Å²) in [6.45, 7) is 0. The summed E-state index contributed by atoms with van der Waals surface area (Å²) in [6.07, 6.45) is 0. The lowest BCUT2D eigenvalue weighted by Gasteiger charge is -2.11. The van der Waals surface area contributed by atoms with Crippen LogP contribution in [-0.2, 0) is 0 Å². The highest BCUT2D eigenvalue weighted by Gasteiger charge is 2.18. The van der Waals surface area contributed by atoms with Crippen molar-refractivity contribution in [3.63, 3.8) is 0 Å². The van der Waals surface area contributed by atoms with Gasteiger partial charge in [0.05, 0.1) is 27.7 Å². The number of hydrogen-bond acceptors (Lipinski definition) is 4. The van der Waals surface area contributed by atoms with E-state index in [4.69, 9.17) is 20.8 Å². The molecule has 0 saturated carbocycles. The van der Waals surface area contributed by atoms with Gasteiger partial charge in [-0.2, -0.15) is 0 Å². The van der Waals surface area contributed by atoms with E-state index in [1.54, 1.807) is 30.3 Å². The van der Waals surface area contributed by atoms with Gasteiger partial charge in [0.15, 0.2) is 5.58 Å². The number of hydrogen-bond donors (Lipinski definition) is 1. The summed E-state index contributed by atoms with van der Waals surface area (Å²) >= 11 is 12.9. The van der Waals surface area contributed by atoms with Crippen LogP contribution in [-0.4, -0.2) is 18.0 Å². The van der Waals surface area contributed by atoms with E-state index in [9.17, 15) is 9.18 Å². The quantitative estimate of drug-likeness (QED) is 0.293. The topological polar surface area (TPSA) is 64.4 Å². The van der Waals surface area contributed by atoms with Gasteiger partial charge in [0.2, 0.25) is 5.89 Å². The third kappa shape index (κ3) is 4.08. The Bertz CT molecular complexity index is 1290. The van der Waals surface area contributed by atoms with Crippen LogP contribution in [0.15, 0.2) is 61.9 Å². The number of benzene rings is 3. The molecule has 0 unspecified atom stereocenters. The molecule has 0 saturated heterocycles. The number of nitrogens with zero attached hydrogens (tertiary/aromatic N) is 1. The molecule has 0 radical (unpaired) electrons. The first-order valence-electron chi connectivity index (χ1n) is 8.56. The van der Waals surface area contributed by atoms with E-state index in [1.165, 1.54) is 25.3 Å². The van der Waals surface area contributed by atoms with Crippen molar-refractivity contribution in [2.45, 2.75) is 0 Å². The summed E-state index contributed by atoms with van der Waals surface area (Å²) in [5.41, 5.74) is 2.38. The Morgan fingerprint density at radius 1 is 1.17 bits per heavy atom. The number of carbonyl (C=O) groups is 1. The molecule has 1 aromatic heterocycles. The molecule has 4 rings (SSSR count). The third-order valence-electron chi connectivity index (χ3n) is 4.26. The van der Waals surface area contributed by atoms with E-state index in [0.717, 1.165) is 4.47 Å². The van der Waals surface area contributed by atoms with Crippen LogP contribution in [0.25, 0.3) is 22.6 Å². The lowest BCUT2D eigenvalue weighted by Crippen LogP contribution is -2.13. The van der Waals surface area contributed by atoms with Gasteiger partial charge in [-0.15, -0.1) is 0 Å². The summed E-state index contributed by atoms with van der Waals surface area (Å²) in [5.74, 6) is -0.111. The molecule has 0 aliphatic heterocycles. The maximum Gasteiger partial charge on any atom is 0.259 e. The first-order chi connectivity index (χ1) is 14.4. The smallest absolute Gasteiger partial charge is 0.259 e. The number of amides is 1. The van der Waals surface area contributed by atoms with E-state index in [0.29, 0.717) is 38.1 Å². The number of oxazole rings is 1. The molecule has 0 bridgehead atoms. The minimum Gasteiger partial charge on any atom is -0.495 e. The molecule has 30 heavy (non-hydrogen) atoms. The van der Waals surface area contributed by atoms with Crippen LogP contribution in [0.4, 0.5) is 10.1 Å². The Morgan fingerprint density at radius 2 is 1.97 bits per heavy atom. The first kappa shape index (κ1) is 20.8. The second-order valence-corrected chi connectivity index (χ2v) is 8.43. The van der Waals surface area contributed by atoms with Crippen molar-refractivity contribution in [2.24, 2.45) is 0 Å². The maximum absolute atomic E-state index is 13.3. The predicted molar refractivity (Wildman–Crippen MR) is 121 cm³/mol. The second kappa shape index (κ2) is 8.37. The van der Waals surface area contributed by atoms with Crippen LogP contribution < -0.4 is 10.1 Å². The molecule has 0 atom stereocenters. The Kier molecular flexibility index (Phi) is 5.81. The zero-order valence-corrected chi connectivity index (χ0v) is 19.2. The molecule has 1 amide bonds. The number of fused-ring (bicyclic) bond motifs is 1. The Morgan fingerprint density at radius 3 is 2.70 bits per heavy atom. The van der Waals surface area contributed by atoms with Gasteiger partial charge in [0, 0.05) is 10.2 Å². The van der Waals surface area contributed by atoms with Crippen LogP contribution >= 0.6 is 43.5 Å². The lowest BCUT2D eigenvalue weighted by molar-refractivity contribution is 0.102. The third-order valence-corrected chi connectivity index (χ3v) is 5.62. The molecule has 1 heterocycles. The molecule has 0 spiro atoms. The van der Waals surface area contributed by atoms with Gasteiger partial charge in [-0.1, -0.05) is 27.5 Å². The van der Waals surface area contributed by atoms with Gasteiger partial charge in [-0.3, -0.25) is 4.79 Å². The van der Waals surface area contributed by atoms with E-state index >= 15 is 0 Å². The van der Waals surface area contributed by atoms with Crippen LogP contribution in [0.1, 0.15) is 10.4 Å². The zero-order valence-electron chi connectivity index (χ0n) is 15.3. The molecule has 5 nitrogen and oxygen atoms in total. The van der Waals surface area contributed by atoms with Crippen molar-refractivity contribution in [2.75, 3.05) is 12.4 Å². The number of ether oxygens (including phenoxy) is 1. The monoisotopic (exact) mass is 552 g/mol. The summed E-state index contributed by atoms with van der Waals surface area (Å²) < 4.78 is 25.7. The van der Waals surface area contributed by atoms with Gasteiger partial charge < -0.3 is 14.5 Å². The normalized spacial score (nSPS) is 11.0. The minimum atomic E-state index is -0.445. The molecule has 1 N–H and O–H groups in total. The lowest BCUT2D eigenvalue weighted by atomic mass is 10.2. The van der Waals surface area contributed by atoms with Gasteiger partial charge in [0.25, 0.3) is 5.91 Å². The molecule has 4 aromatic rings. The SMILES string of the molecule is COc1c(Br)cc(Br)cc1C(=O)Nc1ccc2oc(-c3ccc(F)cc3Cl)nc2c1. The highest BCUT2D eigenvalue weighted by Crippen LogP contribution is 2.34. The first-order valence-corrected chi connectivity index (χ1v) is 10.5. The molecule has 0 fully saturated rings. The highest BCUT2D eigenvalue weighted by molar-refractivity contribution is 9.11. The van der Waals surface area contributed by atoms with Crippen LogP contribution in [0.3, 0.4) is 0 Å². The van der Waals surface area contributed by atoms with Crippen LogP contribution in [0, 0.1) is 5.82 Å². The van der Waals surface area contributed by atoms with Crippen molar-refractivity contribution in [3.05, 3.63) is 73.9 Å². The molecule has 152 valence electrons. The fourth-order valence-corrected chi connectivity index (χ4v) is 4.55. The van der Waals surface area contributed by atoms with Crippen molar-refractivity contribution in [1.29, 1.82) is 0 Å². The summed E-state index contributed by atoms with van der Waals surface area (Å²) in [6, 6.07) is 12.5. The van der Waals surface area contributed by atoms with Gasteiger partial charge in [-0.05, 0) is 64.5 Å². The number of methoxy groups -OCH3 is 1. The molecular weight excluding hydrogens is 543 g/mol. The van der Waals surface area contributed by atoms with Crippen molar-refractivity contribution in [3.8, 4) is 17.2 Å². The summed E-state index contributed by atoms with van der Waals surface area (Å²) in [4.78, 5) is 17.2. The Balaban J connectivity index is 1.66. The molecule has 3 aromatic carbocycles. The Labute approximate surface area is 192 Å². The van der Waals surface area contributed by atoms with Gasteiger partial charge in [0.1, 0.15) is 17.1 Å². The number of rotatable bonds is 4. The molecule has 0 aliphatic carbocycles. The van der Waals surface area contributed by atoms with Crippen molar-refractivity contribution >= 4 is 66.2 Å². The fourth-order valence-electron chi connectivity index (χ4n) is 2.92. The number of anilines is 1. The largest absolute Gasteiger partial charge is 0.495 e. The number of nitrogens with one attached hydrogen (secondary N) is 1. The average molecular weight is 555 g/mol. The number of aromatic nitrogens is 1. The van der Waals surface area contributed by atoms with E-state index in [-0.39, 0.29) is 16.8 Å². The predicted octanol–water partition coefficient (Wildman–Crippen LogP) is 7.07. The van der Waals surface area contributed by atoms with Crippen molar-refractivity contribution in [1.82, 2.24) is 4.98 Å².